The number of ether oxygens (including phenoxy) is 1. The van der Waals surface area contributed by atoms with Crippen LogP contribution in [-0.2, 0) is 14.8 Å². The molecule has 2 fully saturated rings. The minimum Gasteiger partial charge on any atom is -0.376 e. The zero-order valence-corrected chi connectivity index (χ0v) is 13.1. The zero-order chi connectivity index (χ0) is 15.7. The Bertz CT molecular complexity index is 630. The molecule has 0 saturated carbocycles. The van der Waals surface area contributed by atoms with Gasteiger partial charge in [0.2, 0.25) is 15.8 Å². The minimum absolute atomic E-state index is 0.134. The first kappa shape index (κ1) is 15.4. The first-order chi connectivity index (χ1) is 10.4. The average molecular weight is 329 g/mol. The van der Waals surface area contributed by atoms with Gasteiger partial charge in [-0.1, -0.05) is 5.16 Å². The number of carbonyl (C=O) groups excluding carboxylic acids is 1. The molecular weight excluding hydrogens is 310 g/mol. The molecule has 2 aliphatic rings. The van der Waals surface area contributed by atoms with Gasteiger partial charge in [-0.05, 0) is 12.3 Å². The van der Waals surface area contributed by atoms with Gasteiger partial charge in [-0.2, -0.15) is 0 Å². The van der Waals surface area contributed by atoms with E-state index in [1.807, 2.05) is 0 Å². The number of sulfonamides is 1. The van der Waals surface area contributed by atoms with Gasteiger partial charge in [0.15, 0.2) is 0 Å². The SMILES string of the molecule is CS(=O)(=O)NC[C@@H]1OC[C@H]2CCN(C(=O)c3ccno3)C[C@H]21. The minimum atomic E-state index is -3.25. The van der Waals surface area contributed by atoms with Gasteiger partial charge in [0.1, 0.15) is 0 Å². The van der Waals surface area contributed by atoms with Crippen molar-refractivity contribution >= 4 is 15.9 Å². The van der Waals surface area contributed by atoms with Crippen molar-refractivity contribution in [2.75, 3.05) is 32.5 Å². The number of piperidine rings is 1. The maximum atomic E-state index is 12.3. The topological polar surface area (TPSA) is 102 Å². The van der Waals surface area contributed by atoms with Crippen LogP contribution in [0.5, 0.6) is 0 Å². The average Bonchev–Trinajstić information content (AvgIpc) is 3.12. The third-order valence-corrected chi connectivity index (χ3v) is 4.98. The van der Waals surface area contributed by atoms with E-state index in [2.05, 4.69) is 9.88 Å². The number of likely N-dealkylation sites (tertiary alicyclic amines) is 1. The van der Waals surface area contributed by atoms with Crippen LogP contribution in [0, 0.1) is 11.8 Å². The fourth-order valence-electron chi connectivity index (χ4n) is 3.14. The Kier molecular flexibility index (Phi) is 4.20. The summed E-state index contributed by atoms with van der Waals surface area (Å²) >= 11 is 0. The highest BCUT2D eigenvalue weighted by atomic mass is 32.2. The van der Waals surface area contributed by atoms with Crippen molar-refractivity contribution in [1.82, 2.24) is 14.8 Å². The van der Waals surface area contributed by atoms with Crippen LogP contribution in [0.3, 0.4) is 0 Å². The third kappa shape index (κ3) is 3.31. The molecule has 3 heterocycles. The van der Waals surface area contributed by atoms with Crippen molar-refractivity contribution in [1.29, 1.82) is 0 Å². The summed E-state index contributed by atoms with van der Waals surface area (Å²) in [7, 11) is -3.25. The van der Waals surface area contributed by atoms with Crippen LogP contribution in [0.15, 0.2) is 16.8 Å². The number of hydrogen-bond acceptors (Lipinski definition) is 6. The fourth-order valence-corrected chi connectivity index (χ4v) is 3.61. The number of rotatable bonds is 4. The van der Waals surface area contributed by atoms with Gasteiger partial charge in [-0.15, -0.1) is 0 Å². The Morgan fingerprint density at radius 1 is 1.55 bits per heavy atom. The second kappa shape index (κ2) is 5.98. The van der Waals surface area contributed by atoms with Crippen LogP contribution in [0.1, 0.15) is 17.0 Å². The highest BCUT2D eigenvalue weighted by Gasteiger charge is 2.42. The number of carbonyl (C=O) groups is 1. The number of amides is 1. The summed E-state index contributed by atoms with van der Waals surface area (Å²) < 4.78 is 35.6. The zero-order valence-electron chi connectivity index (χ0n) is 12.3. The molecule has 0 aliphatic carbocycles. The van der Waals surface area contributed by atoms with E-state index in [0.29, 0.717) is 25.6 Å². The van der Waals surface area contributed by atoms with Gasteiger partial charge in [0.05, 0.1) is 25.2 Å². The molecule has 1 aromatic rings. The highest BCUT2D eigenvalue weighted by molar-refractivity contribution is 7.88. The Morgan fingerprint density at radius 3 is 3.05 bits per heavy atom. The van der Waals surface area contributed by atoms with E-state index < -0.39 is 10.0 Å². The number of nitrogens with one attached hydrogen (secondary N) is 1. The molecule has 1 N–H and O–H groups in total. The lowest BCUT2D eigenvalue weighted by molar-refractivity contribution is 0.0528. The fraction of sp³-hybridized carbons (Fsp3) is 0.692. The number of fused-ring (bicyclic) bond motifs is 1. The van der Waals surface area contributed by atoms with Crippen LogP contribution in [0.2, 0.25) is 0 Å². The number of aromatic nitrogens is 1. The van der Waals surface area contributed by atoms with Gasteiger partial charge in [0.25, 0.3) is 5.91 Å². The summed E-state index contributed by atoms with van der Waals surface area (Å²) in [6.07, 6.45) is 3.21. The Morgan fingerprint density at radius 2 is 2.36 bits per heavy atom. The van der Waals surface area contributed by atoms with Crippen LogP contribution in [0.25, 0.3) is 0 Å². The van der Waals surface area contributed by atoms with Gasteiger partial charge in [0, 0.05) is 31.6 Å². The van der Waals surface area contributed by atoms with E-state index in [1.165, 1.54) is 6.20 Å². The summed E-state index contributed by atoms with van der Waals surface area (Å²) in [5, 5.41) is 3.55. The van der Waals surface area contributed by atoms with Crippen LogP contribution >= 0.6 is 0 Å². The van der Waals surface area contributed by atoms with Crippen molar-refractivity contribution in [3.05, 3.63) is 18.0 Å². The molecule has 3 atom stereocenters. The normalized spacial score (nSPS) is 28.6. The summed E-state index contributed by atoms with van der Waals surface area (Å²) in [6, 6.07) is 1.54. The Hall–Kier alpha value is -1.45. The van der Waals surface area contributed by atoms with Crippen LogP contribution in [-0.4, -0.2) is 63.0 Å². The number of nitrogens with zero attached hydrogens (tertiary/aromatic N) is 2. The molecule has 22 heavy (non-hydrogen) atoms. The lowest BCUT2D eigenvalue weighted by atomic mass is 9.84. The first-order valence-electron chi connectivity index (χ1n) is 7.20. The molecule has 122 valence electrons. The smallest absolute Gasteiger partial charge is 0.292 e. The highest BCUT2D eigenvalue weighted by Crippen LogP contribution is 2.34. The van der Waals surface area contributed by atoms with Crippen molar-refractivity contribution in [2.45, 2.75) is 12.5 Å². The summed E-state index contributed by atoms with van der Waals surface area (Å²) in [4.78, 5) is 14.0. The molecule has 0 aromatic carbocycles. The molecule has 1 aromatic heterocycles. The van der Waals surface area contributed by atoms with Crippen molar-refractivity contribution in [3.63, 3.8) is 0 Å². The largest absolute Gasteiger partial charge is 0.376 e. The third-order valence-electron chi connectivity index (χ3n) is 4.29. The van der Waals surface area contributed by atoms with E-state index in [9.17, 15) is 13.2 Å². The second-order valence-electron chi connectivity index (χ2n) is 5.83. The number of hydrogen-bond donors (Lipinski definition) is 1. The van der Waals surface area contributed by atoms with E-state index in [1.54, 1.807) is 11.0 Å². The molecule has 8 nitrogen and oxygen atoms in total. The molecule has 0 spiro atoms. The van der Waals surface area contributed by atoms with Crippen LogP contribution < -0.4 is 4.72 Å². The lowest BCUT2D eigenvalue weighted by Crippen LogP contribution is -2.47. The molecule has 9 heteroatoms. The monoisotopic (exact) mass is 329 g/mol. The Labute approximate surface area is 128 Å². The van der Waals surface area contributed by atoms with E-state index >= 15 is 0 Å². The Balaban J connectivity index is 1.64. The summed E-state index contributed by atoms with van der Waals surface area (Å²) in [6.45, 7) is 2.05. The molecule has 0 radical (unpaired) electrons. The van der Waals surface area contributed by atoms with Gasteiger partial charge in [-0.3, -0.25) is 4.79 Å². The van der Waals surface area contributed by atoms with E-state index in [4.69, 9.17) is 9.26 Å². The van der Waals surface area contributed by atoms with Gasteiger partial charge < -0.3 is 14.2 Å². The maximum absolute atomic E-state index is 12.3. The molecule has 0 unspecified atom stereocenters. The standard InChI is InChI=1S/C13H19N3O5S/c1-22(18,19)15-6-12-10-7-16(5-3-9(10)8-20-12)13(17)11-2-4-14-21-11/h2,4,9-10,12,15H,3,5-8H2,1H3/t9-,10-,12+/m1/s1. The van der Waals surface area contributed by atoms with Gasteiger partial charge >= 0.3 is 0 Å². The van der Waals surface area contributed by atoms with Gasteiger partial charge in [-0.25, -0.2) is 13.1 Å². The predicted molar refractivity (Wildman–Crippen MR) is 76.6 cm³/mol. The molecule has 3 rings (SSSR count). The predicted octanol–water partition coefficient (Wildman–Crippen LogP) is -0.299. The van der Waals surface area contributed by atoms with E-state index in [0.717, 1.165) is 12.7 Å². The first-order valence-corrected chi connectivity index (χ1v) is 9.09. The molecule has 2 saturated heterocycles. The maximum Gasteiger partial charge on any atom is 0.292 e. The van der Waals surface area contributed by atoms with E-state index in [-0.39, 0.29) is 30.2 Å². The second-order valence-corrected chi connectivity index (χ2v) is 7.67. The quantitative estimate of drug-likeness (QED) is 0.814. The summed E-state index contributed by atoms with van der Waals surface area (Å²) in [5.41, 5.74) is 0. The molecule has 2 aliphatic heterocycles. The molecule has 0 bridgehead atoms. The summed E-state index contributed by atoms with van der Waals surface area (Å²) in [5.74, 6) is 0.542. The van der Waals surface area contributed by atoms with Crippen LogP contribution in [0.4, 0.5) is 0 Å². The molecular formula is C13H19N3O5S. The van der Waals surface area contributed by atoms with Crippen molar-refractivity contribution in [2.24, 2.45) is 11.8 Å². The molecule has 1 amide bonds. The van der Waals surface area contributed by atoms with Crippen molar-refractivity contribution < 1.29 is 22.5 Å². The van der Waals surface area contributed by atoms with Crippen molar-refractivity contribution in [3.8, 4) is 0 Å². The lowest BCUT2D eigenvalue weighted by Gasteiger charge is -2.35.